The van der Waals surface area contributed by atoms with Gasteiger partial charge in [0.1, 0.15) is 0 Å². The van der Waals surface area contributed by atoms with Gasteiger partial charge in [-0.3, -0.25) is 0 Å². The first kappa shape index (κ1) is 15.3. The van der Waals surface area contributed by atoms with Crippen molar-refractivity contribution in [2.45, 2.75) is 13.0 Å². The summed E-state index contributed by atoms with van der Waals surface area (Å²) in [5, 5.41) is 1.22. The zero-order chi connectivity index (χ0) is 16.2. The van der Waals surface area contributed by atoms with Crippen LogP contribution in [0.15, 0.2) is 54.6 Å². The molecular weight excluding hydrogens is 288 g/mol. The van der Waals surface area contributed by atoms with E-state index in [1.165, 1.54) is 23.7 Å². The van der Waals surface area contributed by atoms with Crippen molar-refractivity contribution in [1.82, 2.24) is 4.57 Å². The molecule has 0 unspecified atom stereocenters. The summed E-state index contributed by atoms with van der Waals surface area (Å²) in [4.78, 5) is 11.5. The van der Waals surface area contributed by atoms with E-state index in [1.54, 1.807) is 12.1 Å². The minimum absolute atomic E-state index is 0.313. The molecule has 4 heteroatoms. The summed E-state index contributed by atoms with van der Waals surface area (Å²) < 4.78 is 7.02. The predicted octanol–water partition coefficient (Wildman–Crippen LogP) is 2.98. The fourth-order valence-electron chi connectivity index (χ4n) is 2.86. The third kappa shape index (κ3) is 3.12. The molecule has 0 aliphatic heterocycles. The van der Waals surface area contributed by atoms with Crippen LogP contribution in [-0.4, -0.2) is 24.2 Å². The van der Waals surface area contributed by atoms with Crippen molar-refractivity contribution < 1.29 is 9.53 Å². The molecule has 4 nitrogen and oxygen atoms in total. The van der Waals surface area contributed by atoms with Gasteiger partial charge in [0.2, 0.25) is 0 Å². The topological polar surface area (TPSA) is 57.2 Å². The normalized spacial score (nSPS) is 10.9. The van der Waals surface area contributed by atoms with E-state index < -0.39 is 0 Å². The predicted molar refractivity (Wildman–Crippen MR) is 91.6 cm³/mol. The van der Waals surface area contributed by atoms with Crippen molar-refractivity contribution >= 4 is 16.9 Å². The van der Waals surface area contributed by atoms with Crippen LogP contribution in [-0.2, 0) is 17.7 Å². The lowest BCUT2D eigenvalue weighted by Crippen LogP contribution is -2.10. The first-order chi connectivity index (χ1) is 11.2. The van der Waals surface area contributed by atoms with E-state index in [4.69, 9.17) is 10.5 Å². The number of carbonyl (C=O) groups is 1. The van der Waals surface area contributed by atoms with Crippen molar-refractivity contribution in [3.63, 3.8) is 0 Å². The molecule has 2 N–H and O–H groups in total. The minimum Gasteiger partial charge on any atom is -0.465 e. The van der Waals surface area contributed by atoms with Crippen molar-refractivity contribution in [1.29, 1.82) is 0 Å². The van der Waals surface area contributed by atoms with Crippen molar-refractivity contribution in [2.75, 3.05) is 13.7 Å². The molecule has 1 aromatic heterocycles. The van der Waals surface area contributed by atoms with Gasteiger partial charge in [0.15, 0.2) is 0 Å². The molecule has 0 fully saturated rings. The number of hydrogen-bond acceptors (Lipinski definition) is 3. The Morgan fingerprint density at radius 1 is 1.13 bits per heavy atom. The summed E-state index contributed by atoms with van der Waals surface area (Å²) >= 11 is 0. The maximum Gasteiger partial charge on any atom is 0.337 e. The fourth-order valence-corrected chi connectivity index (χ4v) is 2.86. The molecule has 0 amide bonds. The molecule has 0 radical (unpaired) electrons. The Bertz CT molecular complexity index is 819. The number of para-hydroxylation sites is 1. The first-order valence-corrected chi connectivity index (χ1v) is 7.67. The molecule has 118 valence electrons. The Morgan fingerprint density at radius 3 is 2.57 bits per heavy atom. The molecule has 23 heavy (non-hydrogen) atoms. The third-order valence-corrected chi connectivity index (χ3v) is 4.01. The van der Waals surface area contributed by atoms with Crippen LogP contribution in [0, 0.1) is 0 Å². The lowest BCUT2D eigenvalue weighted by molar-refractivity contribution is 0.0600. The number of aromatic nitrogens is 1. The first-order valence-electron chi connectivity index (χ1n) is 7.67. The van der Waals surface area contributed by atoms with Crippen LogP contribution >= 0.6 is 0 Å². The average Bonchev–Trinajstić information content (AvgIpc) is 2.93. The Morgan fingerprint density at radius 2 is 1.87 bits per heavy atom. The zero-order valence-corrected chi connectivity index (χ0v) is 13.2. The summed E-state index contributed by atoms with van der Waals surface area (Å²) in [6.07, 6.45) is 0.842. The minimum atomic E-state index is -0.313. The summed E-state index contributed by atoms with van der Waals surface area (Å²) in [5.41, 5.74) is 9.88. The monoisotopic (exact) mass is 308 g/mol. The van der Waals surface area contributed by atoms with E-state index >= 15 is 0 Å². The van der Waals surface area contributed by atoms with Crippen LogP contribution in [0.5, 0.6) is 0 Å². The smallest absolute Gasteiger partial charge is 0.337 e. The van der Waals surface area contributed by atoms with Crippen LogP contribution < -0.4 is 5.73 Å². The SMILES string of the molecule is COC(=O)c1ccc(Cn2c(CCN)cc3ccccc32)cc1. The summed E-state index contributed by atoms with van der Waals surface area (Å²) in [5.74, 6) is -0.313. The molecule has 0 aliphatic carbocycles. The number of nitrogens with two attached hydrogens (primary N) is 1. The molecular formula is C19H20N2O2. The second kappa shape index (κ2) is 6.67. The molecule has 0 saturated heterocycles. The fraction of sp³-hybridized carbons (Fsp3) is 0.211. The number of esters is 1. The van der Waals surface area contributed by atoms with Crippen LogP contribution in [0.4, 0.5) is 0 Å². The lowest BCUT2D eigenvalue weighted by atomic mass is 10.1. The van der Waals surface area contributed by atoms with Gasteiger partial charge in [-0.15, -0.1) is 0 Å². The lowest BCUT2D eigenvalue weighted by Gasteiger charge is -2.11. The molecule has 0 aliphatic rings. The van der Waals surface area contributed by atoms with Crippen LogP contribution in [0.2, 0.25) is 0 Å². The Hall–Kier alpha value is -2.59. The van der Waals surface area contributed by atoms with E-state index in [0.717, 1.165) is 18.5 Å². The van der Waals surface area contributed by atoms with Crippen molar-refractivity contribution in [3.05, 3.63) is 71.4 Å². The number of methoxy groups -OCH3 is 1. The van der Waals surface area contributed by atoms with Gasteiger partial charge < -0.3 is 15.0 Å². The third-order valence-electron chi connectivity index (χ3n) is 4.01. The number of hydrogen-bond donors (Lipinski definition) is 1. The highest BCUT2D eigenvalue weighted by Gasteiger charge is 2.09. The van der Waals surface area contributed by atoms with E-state index in [0.29, 0.717) is 12.1 Å². The molecule has 2 aromatic carbocycles. The van der Waals surface area contributed by atoms with E-state index in [-0.39, 0.29) is 5.97 Å². The summed E-state index contributed by atoms with van der Waals surface area (Å²) in [6, 6.07) is 18.1. The maximum absolute atomic E-state index is 11.5. The highest BCUT2D eigenvalue weighted by molar-refractivity contribution is 5.89. The van der Waals surface area contributed by atoms with E-state index in [9.17, 15) is 4.79 Å². The van der Waals surface area contributed by atoms with Crippen molar-refractivity contribution in [3.8, 4) is 0 Å². The quantitative estimate of drug-likeness (QED) is 0.737. The van der Waals surface area contributed by atoms with Crippen LogP contribution in [0.25, 0.3) is 10.9 Å². The Kier molecular flexibility index (Phi) is 4.44. The maximum atomic E-state index is 11.5. The van der Waals surface area contributed by atoms with Crippen LogP contribution in [0.1, 0.15) is 21.6 Å². The van der Waals surface area contributed by atoms with Gasteiger partial charge in [0, 0.05) is 17.8 Å². The standard InChI is InChI=1S/C19H20N2O2/c1-23-19(22)15-8-6-14(7-9-15)13-21-17(10-11-20)12-16-4-2-3-5-18(16)21/h2-9,12H,10-11,13,20H2,1H3. The molecule has 0 spiro atoms. The number of nitrogens with zero attached hydrogens (tertiary/aromatic N) is 1. The molecule has 0 saturated carbocycles. The highest BCUT2D eigenvalue weighted by Crippen LogP contribution is 2.22. The zero-order valence-electron chi connectivity index (χ0n) is 13.2. The largest absolute Gasteiger partial charge is 0.465 e. The van der Waals surface area contributed by atoms with Crippen LogP contribution in [0.3, 0.4) is 0 Å². The van der Waals surface area contributed by atoms with Gasteiger partial charge in [-0.1, -0.05) is 30.3 Å². The van der Waals surface area contributed by atoms with E-state index in [2.05, 4.69) is 22.8 Å². The number of carbonyl (C=O) groups excluding carboxylic acids is 1. The molecule has 1 heterocycles. The molecule has 0 bridgehead atoms. The number of rotatable bonds is 5. The second-order valence-corrected chi connectivity index (χ2v) is 5.51. The van der Waals surface area contributed by atoms with Gasteiger partial charge in [0.25, 0.3) is 0 Å². The number of fused-ring (bicyclic) bond motifs is 1. The van der Waals surface area contributed by atoms with Gasteiger partial charge in [-0.05, 0) is 48.2 Å². The van der Waals surface area contributed by atoms with Gasteiger partial charge in [-0.2, -0.15) is 0 Å². The Labute approximate surface area is 135 Å². The Balaban J connectivity index is 1.94. The highest BCUT2D eigenvalue weighted by atomic mass is 16.5. The van der Waals surface area contributed by atoms with E-state index in [1.807, 2.05) is 24.3 Å². The number of ether oxygens (including phenoxy) is 1. The van der Waals surface area contributed by atoms with Gasteiger partial charge >= 0.3 is 5.97 Å². The number of benzene rings is 2. The second-order valence-electron chi connectivity index (χ2n) is 5.51. The average molecular weight is 308 g/mol. The molecule has 3 aromatic rings. The molecule has 3 rings (SSSR count). The molecule has 0 atom stereocenters. The summed E-state index contributed by atoms with van der Waals surface area (Å²) in [6.45, 7) is 1.38. The van der Waals surface area contributed by atoms with Crippen molar-refractivity contribution in [2.24, 2.45) is 5.73 Å². The summed E-state index contributed by atoms with van der Waals surface area (Å²) in [7, 11) is 1.39. The van der Waals surface area contributed by atoms with Gasteiger partial charge in [-0.25, -0.2) is 4.79 Å². The van der Waals surface area contributed by atoms with Gasteiger partial charge in [0.05, 0.1) is 12.7 Å².